The quantitative estimate of drug-likeness (QED) is 0.115. The van der Waals surface area contributed by atoms with Gasteiger partial charge < -0.3 is 32.0 Å². The second-order valence-electron chi connectivity index (χ2n) is 13.9. The largest absolute Gasteiger partial charge is 0.361 e. The van der Waals surface area contributed by atoms with Crippen molar-refractivity contribution in [3.63, 3.8) is 0 Å². The summed E-state index contributed by atoms with van der Waals surface area (Å²) in [5, 5.41) is 8.76. The van der Waals surface area contributed by atoms with Crippen LogP contribution in [0.4, 0.5) is 0 Å². The van der Waals surface area contributed by atoms with E-state index in [9.17, 15) is 14.4 Å². The van der Waals surface area contributed by atoms with Gasteiger partial charge in [-0.3, -0.25) is 24.4 Å². The molecule has 0 radical (unpaired) electrons. The van der Waals surface area contributed by atoms with Gasteiger partial charge in [-0.25, -0.2) is 4.98 Å². The molecule has 3 aromatic heterocycles. The Morgan fingerprint density at radius 1 is 0.927 bits per heavy atom. The molecule has 0 saturated carbocycles. The van der Waals surface area contributed by atoms with Crippen molar-refractivity contribution in [3.8, 4) is 11.3 Å². The molecule has 0 bridgehead atoms. The van der Waals surface area contributed by atoms with Crippen LogP contribution in [0.3, 0.4) is 0 Å². The van der Waals surface area contributed by atoms with Gasteiger partial charge in [0.2, 0.25) is 11.8 Å². The van der Waals surface area contributed by atoms with Gasteiger partial charge in [-0.15, -0.1) is 0 Å². The fraction of sp³-hybridized carbons (Fsp3) is 0.366. The Bertz CT molecular complexity index is 2100. The number of hydrogen-bond acceptors (Lipinski definition) is 10. The molecule has 2 aromatic carbocycles. The Morgan fingerprint density at radius 3 is 2.56 bits per heavy atom. The van der Waals surface area contributed by atoms with Gasteiger partial charge in [0.05, 0.1) is 23.0 Å². The van der Waals surface area contributed by atoms with Gasteiger partial charge in [0.15, 0.2) is 5.78 Å². The molecule has 1 aliphatic heterocycles. The maximum absolute atomic E-state index is 14.6. The SMILES string of the molecule is CN1C(=O)[C@H](CCCCN)CC(=O)[C@H](CCCN)NCc2cccnc2Sc2c(Cl)cc(-c3cnccn3)cc2CNC(=O)[C@@H]1Cc1c[nH]c2ccccc12. The lowest BCUT2D eigenvalue weighted by Crippen LogP contribution is -2.51. The summed E-state index contributed by atoms with van der Waals surface area (Å²) in [5.74, 6) is -1.31. The molecule has 0 saturated heterocycles. The number of nitrogens with one attached hydrogen (secondary N) is 3. The van der Waals surface area contributed by atoms with Crippen LogP contribution in [0.2, 0.25) is 5.02 Å². The third-order valence-corrected chi connectivity index (χ3v) is 11.8. The van der Waals surface area contributed by atoms with E-state index in [2.05, 4.69) is 25.6 Å². The van der Waals surface area contributed by atoms with Gasteiger partial charge in [0, 0.05) is 85.0 Å². The second-order valence-corrected chi connectivity index (χ2v) is 15.3. The number of Topliss-reactive ketones (excluding diaryl/α,β-unsaturated/α-hetero) is 1. The molecule has 1 aliphatic rings. The third-order valence-electron chi connectivity index (χ3n) is 10.1. The summed E-state index contributed by atoms with van der Waals surface area (Å²) >= 11 is 8.46. The predicted octanol–water partition coefficient (Wildman–Crippen LogP) is 5.43. The number of ketones is 1. The van der Waals surface area contributed by atoms with Crippen LogP contribution in [-0.2, 0) is 33.9 Å². The molecule has 12 nitrogen and oxygen atoms in total. The summed E-state index contributed by atoms with van der Waals surface area (Å²) in [4.78, 5) is 62.2. The summed E-state index contributed by atoms with van der Waals surface area (Å²) < 4.78 is 0. The lowest BCUT2D eigenvalue weighted by molar-refractivity contribution is -0.143. The minimum Gasteiger partial charge on any atom is -0.361 e. The molecular formula is C41H48ClN9O3S. The van der Waals surface area contributed by atoms with E-state index in [-0.39, 0.29) is 37.0 Å². The molecular weight excluding hydrogens is 734 g/mol. The number of hydrogen-bond donors (Lipinski definition) is 5. The van der Waals surface area contributed by atoms with Gasteiger partial charge in [-0.05, 0) is 79.7 Å². The lowest BCUT2D eigenvalue weighted by Gasteiger charge is -2.31. The number of para-hydroxylation sites is 1. The van der Waals surface area contributed by atoms with Crippen LogP contribution in [0.1, 0.15) is 55.2 Å². The molecule has 3 atom stereocenters. The number of rotatable bonds is 10. The maximum atomic E-state index is 14.6. The van der Waals surface area contributed by atoms with Crippen molar-refractivity contribution >= 4 is 51.9 Å². The van der Waals surface area contributed by atoms with Crippen LogP contribution in [-0.4, -0.2) is 74.7 Å². The van der Waals surface area contributed by atoms with Gasteiger partial charge in [0.25, 0.3) is 0 Å². The van der Waals surface area contributed by atoms with Crippen LogP contribution in [0.5, 0.6) is 0 Å². The van der Waals surface area contributed by atoms with Crippen molar-refractivity contribution in [1.82, 2.24) is 35.5 Å². The number of nitrogens with two attached hydrogens (primary N) is 2. The first-order chi connectivity index (χ1) is 26.8. The highest BCUT2D eigenvalue weighted by molar-refractivity contribution is 7.99. The van der Waals surface area contributed by atoms with Crippen molar-refractivity contribution in [2.24, 2.45) is 17.4 Å². The minimum absolute atomic E-state index is 0.0261. The Hall–Kier alpha value is -4.66. The number of H-pyrrole nitrogens is 1. The highest BCUT2D eigenvalue weighted by Gasteiger charge is 2.34. The molecule has 5 aromatic rings. The van der Waals surface area contributed by atoms with Crippen molar-refractivity contribution in [3.05, 3.63) is 101 Å². The normalized spacial score (nSPS) is 18.8. The van der Waals surface area contributed by atoms with Crippen molar-refractivity contribution in [2.75, 3.05) is 20.1 Å². The topological polar surface area (TPSA) is 185 Å². The van der Waals surface area contributed by atoms with E-state index in [1.807, 2.05) is 54.7 Å². The van der Waals surface area contributed by atoms with Crippen molar-refractivity contribution in [2.45, 2.75) is 80.0 Å². The molecule has 0 spiro atoms. The number of nitrogens with zero attached hydrogens (tertiary/aromatic N) is 4. The summed E-state index contributed by atoms with van der Waals surface area (Å²) in [6, 6.07) is 14.0. The molecule has 55 heavy (non-hydrogen) atoms. The number of amides is 2. The maximum Gasteiger partial charge on any atom is 0.243 e. The highest BCUT2D eigenvalue weighted by Crippen LogP contribution is 2.39. The summed E-state index contributed by atoms with van der Waals surface area (Å²) in [6.45, 7) is 1.38. The smallest absolute Gasteiger partial charge is 0.243 e. The summed E-state index contributed by atoms with van der Waals surface area (Å²) in [5.41, 5.74) is 16.6. The van der Waals surface area contributed by atoms with E-state index in [4.69, 9.17) is 28.1 Å². The first kappa shape index (κ1) is 40.0. The van der Waals surface area contributed by atoms with Gasteiger partial charge in [-0.1, -0.05) is 54.0 Å². The number of carbonyl (C=O) groups is 3. The van der Waals surface area contributed by atoms with Crippen LogP contribution in [0.25, 0.3) is 22.2 Å². The first-order valence-electron chi connectivity index (χ1n) is 18.7. The highest BCUT2D eigenvalue weighted by atomic mass is 35.5. The number of carbonyl (C=O) groups excluding carboxylic acids is 3. The van der Waals surface area contributed by atoms with E-state index in [1.165, 1.54) is 16.7 Å². The van der Waals surface area contributed by atoms with E-state index in [0.29, 0.717) is 66.0 Å². The van der Waals surface area contributed by atoms with Gasteiger partial charge in [-0.2, -0.15) is 0 Å². The van der Waals surface area contributed by atoms with Crippen LogP contribution in [0, 0.1) is 5.92 Å². The number of pyridine rings is 1. The minimum atomic E-state index is -0.891. The molecule has 0 unspecified atom stereocenters. The molecule has 7 N–H and O–H groups in total. The van der Waals surface area contributed by atoms with Crippen LogP contribution in [0.15, 0.2) is 89.4 Å². The van der Waals surface area contributed by atoms with E-state index < -0.39 is 18.0 Å². The van der Waals surface area contributed by atoms with E-state index >= 15 is 0 Å². The number of unbranched alkanes of at least 4 members (excludes halogenated alkanes) is 1. The van der Waals surface area contributed by atoms with E-state index in [0.717, 1.165) is 39.6 Å². The number of aromatic nitrogens is 4. The summed E-state index contributed by atoms with van der Waals surface area (Å²) in [6.07, 6.45) is 11.8. The van der Waals surface area contributed by atoms with Crippen LogP contribution >= 0.6 is 23.4 Å². The Balaban J connectivity index is 1.44. The number of likely N-dealkylation sites (N-methyl/N-ethyl adjacent to an activating group) is 1. The van der Waals surface area contributed by atoms with E-state index in [1.54, 1.807) is 31.8 Å². The van der Waals surface area contributed by atoms with Crippen molar-refractivity contribution < 1.29 is 14.4 Å². The number of fused-ring (bicyclic) bond motifs is 3. The number of halogens is 1. The molecule has 4 heterocycles. The lowest BCUT2D eigenvalue weighted by atomic mass is 9.90. The fourth-order valence-corrected chi connectivity index (χ4v) is 8.41. The molecule has 0 fully saturated rings. The molecule has 2 amide bonds. The number of benzene rings is 2. The zero-order chi connectivity index (χ0) is 38.7. The average Bonchev–Trinajstić information content (AvgIpc) is 3.62. The van der Waals surface area contributed by atoms with Crippen molar-refractivity contribution in [1.29, 1.82) is 0 Å². The predicted molar refractivity (Wildman–Crippen MR) is 216 cm³/mol. The Kier molecular flexibility index (Phi) is 14.0. The first-order valence-corrected chi connectivity index (χ1v) is 19.9. The second kappa shape index (κ2) is 19.3. The molecule has 0 aliphatic carbocycles. The molecule has 14 heteroatoms. The zero-order valence-electron chi connectivity index (χ0n) is 31.0. The van der Waals surface area contributed by atoms with Gasteiger partial charge >= 0.3 is 0 Å². The standard InChI is InChI=1S/C41H48ClN9O3S/c1-51-36(20-29-23-48-33-11-3-2-10-31(29)33)39(53)50-24-30-18-28(35-25-45-16-17-46-35)19-32(42)38(30)55-40-27(9-7-15-47-40)22-49-34(12-6-14-44)37(52)21-26(41(51)54)8-4-5-13-43/h2-3,7,9-11,15-19,23,25-26,34,36,48-49H,4-6,8,12-14,20-22,24,43-44H2,1H3,(H,50,53)/t26-,34+,36+/m1/s1. The number of aromatic amines is 1. The Labute approximate surface area is 330 Å². The Morgan fingerprint density at radius 2 is 1.76 bits per heavy atom. The third kappa shape index (κ3) is 9.96. The summed E-state index contributed by atoms with van der Waals surface area (Å²) in [7, 11) is 1.66. The molecule has 6 rings (SSSR count). The average molecular weight is 782 g/mol. The monoisotopic (exact) mass is 781 g/mol. The zero-order valence-corrected chi connectivity index (χ0v) is 32.5. The van der Waals surface area contributed by atoms with Crippen LogP contribution < -0.4 is 22.1 Å². The van der Waals surface area contributed by atoms with Gasteiger partial charge in [0.1, 0.15) is 11.1 Å². The molecule has 288 valence electrons. The fourth-order valence-electron chi connectivity index (χ4n) is 7.06.